The molecule has 33 heavy (non-hydrogen) atoms. The van der Waals surface area contributed by atoms with Crippen molar-refractivity contribution < 1.29 is 13.3 Å². The van der Waals surface area contributed by atoms with Gasteiger partial charge in [-0.3, -0.25) is 0 Å². The van der Waals surface area contributed by atoms with Gasteiger partial charge >= 0.3 is 0 Å². The molecule has 5 rings (SSSR count). The molecule has 2 aromatic heterocycles. The fraction of sp³-hybridized carbons (Fsp3) is 0.125. The molecular weight excluding hydrogens is 463 g/mol. The lowest BCUT2D eigenvalue weighted by atomic mass is 9.94. The Hall–Kier alpha value is -3.49. The molecule has 0 saturated carbocycles. The lowest BCUT2D eigenvalue weighted by Crippen LogP contribution is -2.45. The molecule has 3 heterocycles. The third kappa shape index (κ3) is 4.27. The fourth-order valence-corrected chi connectivity index (χ4v) is 4.21. The summed E-state index contributed by atoms with van der Waals surface area (Å²) < 4.78 is 24.8. The van der Waals surface area contributed by atoms with Crippen molar-refractivity contribution in [1.29, 1.82) is 0 Å². The van der Waals surface area contributed by atoms with E-state index in [1.54, 1.807) is 30.5 Å². The summed E-state index contributed by atoms with van der Waals surface area (Å²) in [5.74, 6) is 1.21. The van der Waals surface area contributed by atoms with Crippen molar-refractivity contribution in [3.63, 3.8) is 0 Å². The molecule has 0 fully saturated rings. The first kappa shape index (κ1) is 21.4. The van der Waals surface area contributed by atoms with Gasteiger partial charge in [0.25, 0.3) is 5.89 Å². The number of benzene rings is 2. The van der Waals surface area contributed by atoms with Crippen molar-refractivity contribution >= 4 is 34.5 Å². The number of thiocarbonyl (C=S) groups is 1. The molecule has 1 aliphatic heterocycles. The standard InChI is InChI=1S/C24H18ClFN4O2S/c1-14-20(23-28-22(29-32-23)16-4-8-17(25)9-5-16)21(15-6-10-18(26)11-7-15)27-24(33)30(14)13-19-3-2-12-31-19/h2-12,21H,13H2,1H3,(H,27,33). The van der Waals surface area contributed by atoms with Crippen molar-refractivity contribution in [3.8, 4) is 11.4 Å². The van der Waals surface area contributed by atoms with Gasteiger partial charge in [-0.15, -0.1) is 0 Å². The number of nitrogens with zero attached hydrogens (tertiary/aromatic N) is 3. The number of rotatable bonds is 5. The van der Waals surface area contributed by atoms with Gasteiger partial charge in [-0.2, -0.15) is 4.98 Å². The highest BCUT2D eigenvalue weighted by atomic mass is 35.5. The molecule has 0 radical (unpaired) electrons. The number of nitrogens with one attached hydrogen (secondary N) is 1. The van der Waals surface area contributed by atoms with Crippen LogP contribution in [0.3, 0.4) is 0 Å². The Morgan fingerprint density at radius 3 is 2.58 bits per heavy atom. The minimum atomic E-state index is -0.399. The molecule has 0 saturated heterocycles. The monoisotopic (exact) mass is 480 g/mol. The van der Waals surface area contributed by atoms with E-state index < -0.39 is 6.04 Å². The lowest BCUT2D eigenvalue weighted by Gasteiger charge is -2.37. The molecule has 0 spiro atoms. The molecule has 4 aromatic rings. The highest BCUT2D eigenvalue weighted by molar-refractivity contribution is 7.80. The van der Waals surface area contributed by atoms with E-state index in [-0.39, 0.29) is 5.82 Å². The predicted octanol–water partition coefficient (Wildman–Crippen LogP) is 5.98. The van der Waals surface area contributed by atoms with Gasteiger partial charge in [0, 0.05) is 16.3 Å². The Morgan fingerprint density at radius 1 is 1.12 bits per heavy atom. The summed E-state index contributed by atoms with van der Waals surface area (Å²) in [4.78, 5) is 6.56. The van der Waals surface area contributed by atoms with E-state index in [1.165, 1.54) is 12.1 Å². The summed E-state index contributed by atoms with van der Waals surface area (Å²) in [5.41, 5.74) is 3.17. The second kappa shape index (κ2) is 8.80. The zero-order valence-corrected chi connectivity index (χ0v) is 19.0. The molecule has 1 aliphatic rings. The topological polar surface area (TPSA) is 67.3 Å². The normalized spacial score (nSPS) is 16.3. The third-order valence-corrected chi connectivity index (χ3v) is 6.04. The van der Waals surface area contributed by atoms with Crippen LogP contribution >= 0.6 is 23.8 Å². The first-order valence-electron chi connectivity index (χ1n) is 10.2. The lowest BCUT2D eigenvalue weighted by molar-refractivity contribution is 0.382. The smallest absolute Gasteiger partial charge is 0.258 e. The minimum absolute atomic E-state index is 0.318. The number of allylic oxidation sites excluding steroid dienone is 1. The molecule has 2 aromatic carbocycles. The average Bonchev–Trinajstić information content (AvgIpc) is 3.50. The van der Waals surface area contributed by atoms with Crippen LogP contribution in [0.1, 0.15) is 30.2 Å². The molecular formula is C24H18ClFN4O2S. The van der Waals surface area contributed by atoms with Gasteiger partial charge in [0.15, 0.2) is 5.11 Å². The molecule has 0 aliphatic carbocycles. The van der Waals surface area contributed by atoms with Gasteiger partial charge in [0.2, 0.25) is 5.82 Å². The molecule has 0 amide bonds. The second-order valence-corrected chi connectivity index (χ2v) is 8.35. The van der Waals surface area contributed by atoms with E-state index in [0.717, 1.165) is 28.2 Å². The van der Waals surface area contributed by atoms with Crippen LogP contribution in [-0.4, -0.2) is 20.2 Å². The summed E-state index contributed by atoms with van der Waals surface area (Å²) in [5, 5.41) is 8.64. The molecule has 1 N–H and O–H groups in total. The van der Waals surface area contributed by atoms with Gasteiger partial charge in [-0.1, -0.05) is 28.9 Å². The third-order valence-electron chi connectivity index (χ3n) is 5.45. The van der Waals surface area contributed by atoms with Crippen LogP contribution in [0.25, 0.3) is 17.0 Å². The number of aromatic nitrogens is 2. The van der Waals surface area contributed by atoms with Crippen molar-refractivity contribution in [2.75, 3.05) is 0 Å². The van der Waals surface area contributed by atoms with Gasteiger partial charge < -0.3 is 19.2 Å². The van der Waals surface area contributed by atoms with Crippen LogP contribution in [0.4, 0.5) is 4.39 Å². The number of hydrogen-bond donors (Lipinski definition) is 1. The summed E-state index contributed by atoms with van der Waals surface area (Å²) in [6.07, 6.45) is 1.62. The zero-order chi connectivity index (χ0) is 22.9. The van der Waals surface area contributed by atoms with Gasteiger partial charge in [0.1, 0.15) is 11.6 Å². The van der Waals surface area contributed by atoms with E-state index >= 15 is 0 Å². The second-order valence-electron chi connectivity index (χ2n) is 7.53. The van der Waals surface area contributed by atoms with Crippen LogP contribution in [0.15, 0.2) is 81.6 Å². The van der Waals surface area contributed by atoms with Crippen LogP contribution in [0.2, 0.25) is 5.02 Å². The quantitative estimate of drug-likeness (QED) is 0.352. The maximum Gasteiger partial charge on any atom is 0.258 e. The maximum atomic E-state index is 13.6. The molecule has 1 atom stereocenters. The zero-order valence-electron chi connectivity index (χ0n) is 17.5. The molecule has 9 heteroatoms. The fourth-order valence-electron chi connectivity index (χ4n) is 3.76. The van der Waals surface area contributed by atoms with Gasteiger partial charge in [-0.05, 0) is 73.2 Å². The summed E-state index contributed by atoms with van der Waals surface area (Å²) in [6, 6.07) is 16.7. The van der Waals surface area contributed by atoms with Crippen LogP contribution in [0, 0.1) is 5.82 Å². The molecule has 166 valence electrons. The Labute approximate surface area is 199 Å². The summed E-state index contributed by atoms with van der Waals surface area (Å²) in [7, 11) is 0. The highest BCUT2D eigenvalue weighted by Crippen LogP contribution is 2.38. The minimum Gasteiger partial charge on any atom is -0.467 e. The largest absolute Gasteiger partial charge is 0.467 e. The summed E-state index contributed by atoms with van der Waals surface area (Å²) >= 11 is 11.7. The molecule has 1 unspecified atom stereocenters. The molecule has 6 nitrogen and oxygen atoms in total. The van der Waals surface area contributed by atoms with Crippen molar-refractivity contribution in [2.45, 2.75) is 19.5 Å². The summed E-state index contributed by atoms with van der Waals surface area (Å²) in [6.45, 7) is 2.37. The SMILES string of the molecule is CC1=C(c2nc(-c3ccc(Cl)cc3)no2)C(c2ccc(F)cc2)NC(=S)N1Cc1ccco1. The first-order valence-corrected chi connectivity index (χ1v) is 10.9. The maximum absolute atomic E-state index is 13.6. The van der Waals surface area contributed by atoms with E-state index in [9.17, 15) is 4.39 Å². The Morgan fingerprint density at radius 2 is 1.88 bits per heavy atom. The van der Waals surface area contributed by atoms with Gasteiger partial charge in [0.05, 0.1) is 24.4 Å². The van der Waals surface area contributed by atoms with E-state index in [0.29, 0.717) is 28.4 Å². The van der Waals surface area contributed by atoms with E-state index in [2.05, 4.69) is 15.5 Å². The van der Waals surface area contributed by atoms with Crippen molar-refractivity contribution in [1.82, 2.24) is 20.4 Å². The van der Waals surface area contributed by atoms with Crippen LogP contribution in [-0.2, 0) is 6.54 Å². The number of hydrogen-bond acceptors (Lipinski definition) is 5. The number of halogens is 2. The average molecular weight is 481 g/mol. The predicted molar refractivity (Wildman–Crippen MR) is 126 cm³/mol. The van der Waals surface area contributed by atoms with Gasteiger partial charge in [-0.25, -0.2) is 4.39 Å². The van der Waals surface area contributed by atoms with E-state index in [4.69, 9.17) is 32.8 Å². The van der Waals surface area contributed by atoms with Crippen LogP contribution in [0.5, 0.6) is 0 Å². The van der Waals surface area contributed by atoms with Crippen molar-refractivity contribution in [2.24, 2.45) is 0 Å². The van der Waals surface area contributed by atoms with Crippen LogP contribution < -0.4 is 5.32 Å². The van der Waals surface area contributed by atoms with E-state index in [1.807, 2.05) is 36.1 Å². The Balaban J connectivity index is 1.59. The van der Waals surface area contributed by atoms with Crippen molar-refractivity contribution in [3.05, 3.63) is 101 Å². The number of furan rings is 1. The first-order chi connectivity index (χ1) is 16.0. The molecule has 0 bridgehead atoms. The highest BCUT2D eigenvalue weighted by Gasteiger charge is 2.34. The Kier molecular flexibility index (Phi) is 5.70. The Bertz CT molecular complexity index is 1320.